The number of anilines is 1. The average Bonchev–Trinajstić information content (AvgIpc) is 3.45. The largest absolute Gasteiger partial charge is 0.462 e. The molecule has 1 aliphatic carbocycles. The van der Waals surface area contributed by atoms with Gasteiger partial charge in [0, 0.05) is 24.0 Å². The monoisotopic (exact) mass is 324 g/mol. The molecule has 1 aromatic heterocycles. The Bertz CT molecular complexity index is 712. The quantitative estimate of drug-likeness (QED) is 0.627. The molecule has 5 nitrogen and oxygen atoms in total. The van der Waals surface area contributed by atoms with Crippen LogP contribution in [0.5, 0.6) is 0 Å². The van der Waals surface area contributed by atoms with Crippen molar-refractivity contribution in [3.05, 3.63) is 59.9 Å². The molecule has 5 heteroatoms. The number of rotatable bonds is 7. The highest BCUT2D eigenvalue weighted by Gasteiger charge is 2.29. The van der Waals surface area contributed by atoms with Gasteiger partial charge in [-0.05, 0) is 61.6 Å². The summed E-state index contributed by atoms with van der Waals surface area (Å²) in [6, 6.07) is 10.8. The zero-order valence-corrected chi connectivity index (χ0v) is 13.4. The van der Waals surface area contributed by atoms with Gasteiger partial charge in [-0.15, -0.1) is 0 Å². The molecule has 0 spiro atoms. The number of amides is 1. The van der Waals surface area contributed by atoms with Crippen LogP contribution in [0.15, 0.2) is 48.8 Å². The third kappa shape index (κ3) is 4.65. The van der Waals surface area contributed by atoms with Crippen molar-refractivity contribution in [1.82, 2.24) is 4.98 Å². The lowest BCUT2D eigenvalue weighted by Crippen LogP contribution is -2.14. The number of pyridine rings is 1. The van der Waals surface area contributed by atoms with Crippen molar-refractivity contribution >= 4 is 17.6 Å². The van der Waals surface area contributed by atoms with E-state index in [9.17, 15) is 9.59 Å². The van der Waals surface area contributed by atoms with E-state index in [0.29, 0.717) is 17.9 Å². The first kappa shape index (κ1) is 16.2. The molecule has 1 saturated carbocycles. The fourth-order valence-electron chi connectivity index (χ4n) is 2.39. The molecule has 24 heavy (non-hydrogen) atoms. The number of ether oxygens (including phenoxy) is 1. The van der Waals surface area contributed by atoms with Crippen molar-refractivity contribution in [2.45, 2.75) is 25.7 Å². The summed E-state index contributed by atoms with van der Waals surface area (Å²) in [4.78, 5) is 27.8. The number of aromatic nitrogens is 1. The lowest BCUT2D eigenvalue weighted by Gasteiger charge is -2.08. The van der Waals surface area contributed by atoms with Crippen molar-refractivity contribution < 1.29 is 14.3 Å². The number of carbonyl (C=O) groups excluding carboxylic acids is 2. The maximum atomic E-state index is 12.1. The first-order valence-corrected chi connectivity index (χ1v) is 8.19. The standard InChI is InChI=1S/C19H20N2O3/c22-18(15-6-7-15)21-17-5-1-4-16(13-17)19(23)24-12-2-3-14-8-10-20-11-9-14/h1,4-5,8-11,13,15H,2-3,6-7,12H2,(H,21,22). The highest BCUT2D eigenvalue weighted by molar-refractivity contribution is 5.96. The lowest BCUT2D eigenvalue weighted by atomic mass is 10.1. The minimum absolute atomic E-state index is 0.0258. The third-order valence-electron chi connectivity index (χ3n) is 3.91. The zero-order valence-electron chi connectivity index (χ0n) is 13.4. The highest BCUT2D eigenvalue weighted by Crippen LogP contribution is 2.30. The molecule has 0 radical (unpaired) electrons. The third-order valence-corrected chi connectivity index (χ3v) is 3.91. The van der Waals surface area contributed by atoms with E-state index >= 15 is 0 Å². The van der Waals surface area contributed by atoms with Gasteiger partial charge in [-0.25, -0.2) is 4.79 Å². The van der Waals surface area contributed by atoms with E-state index < -0.39 is 0 Å². The van der Waals surface area contributed by atoms with Crippen LogP contribution in [0.1, 0.15) is 35.2 Å². The molecule has 0 unspecified atom stereocenters. The second-order valence-electron chi connectivity index (χ2n) is 5.94. The summed E-state index contributed by atoms with van der Waals surface area (Å²) in [6.45, 7) is 0.361. The maximum Gasteiger partial charge on any atom is 0.338 e. The Morgan fingerprint density at radius 2 is 1.96 bits per heavy atom. The molecule has 1 heterocycles. The van der Waals surface area contributed by atoms with Gasteiger partial charge in [-0.3, -0.25) is 9.78 Å². The van der Waals surface area contributed by atoms with Gasteiger partial charge in [0.2, 0.25) is 5.91 Å². The number of nitrogens with one attached hydrogen (secondary N) is 1. The van der Waals surface area contributed by atoms with Crippen LogP contribution in [0.4, 0.5) is 5.69 Å². The van der Waals surface area contributed by atoms with Crippen LogP contribution in [0, 0.1) is 5.92 Å². The normalized spacial score (nSPS) is 13.3. The van der Waals surface area contributed by atoms with Gasteiger partial charge >= 0.3 is 5.97 Å². The van der Waals surface area contributed by atoms with E-state index in [1.165, 1.54) is 5.56 Å². The van der Waals surface area contributed by atoms with Crippen LogP contribution >= 0.6 is 0 Å². The Balaban J connectivity index is 1.46. The van der Waals surface area contributed by atoms with E-state index in [1.54, 1.807) is 36.7 Å². The van der Waals surface area contributed by atoms with Gasteiger partial charge in [0.25, 0.3) is 0 Å². The molecule has 1 amide bonds. The molecule has 0 atom stereocenters. The minimum atomic E-state index is -0.368. The van der Waals surface area contributed by atoms with Gasteiger partial charge in [-0.2, -0.15) is 0 Å². The molecule has 1 N–H and O–H groups in total. The first-order valence-electron chi connectivity index (χ1n) is 8.19. The fraction of sp³-hybridized carbons (Fsp3) is 0.316. The van der Waals surface area contributed by atoms with Crippen LogP contribution < -0.4 is 5.32 Å². The summed E-state index contributed by atoms with van der Waals surface area (Å²) in [6.07, 6.45) is 7.00. The smallest absolute Gasteiger partial charge is 0.338 e. The van der Waals surface area contributed by atoms with Crippen LogP contribution in [0.25, 0.3) is 0 Å². The van der Waals surface area contributed by atoms with Crippen LogP contribution in [0.2, 0.25) is 0 Å². The van der Waals surface area contributed by atoms with E-state index in [0.717, 1.165) is 25.7 Å². The van der Waals surface area contributed by atoms with Gasteiger partial charge in [-0.1, -0.05) is 6.07 Å². The molecule has 1 fully saturated rings. The SMILES string of the molecule is O=C(OCCCc1ccncc1)c1cccc(NC(=O)C2CC2)c1. The fourth-order valence-corrected chi connectivity index (χ4v) is 2.39. The van der Waals surface area contributed by atoms with Crippen LogP contribution in [-0.4, -0.2) is 23.5 Å². The number of nitrogens with zero attached hydrogens (tertiary/aromatic N) is 1. The van der Waals surface area contributed by atoms with Gasteiger partial charge in [0.1, 0.15) is 0 Å². The molecule has 3 rings (SSSR count). The highest BCUT2D eigenvalue weighted by atomic mass is 16.5. The predicted octanol–water partition coefficient (Wildman–Crippen LogP) is 3.22. The minimum Gasteiger partial charge on any atom is -0.462 e. The zero-order chi connectivity index (χ0) is 16.8. The molecule has 0 aliphatic heterocycles. The summed E-state index contributed by atoms with van der Waals surface area (Å²) in [7, 11) is 0. The second-order valence-corrected chi connectivity index (χ2v) is 5.94. The summed E-state index contributed by atoms with van der Waals surface area (Å²) in [5.41, 5.74) is 2.26. The summed E-state index contributed by atoms with van der Waals surface area (Å²) in [5.74, 6) is -0.209. The Labute approximate surface area is 141 Å². The van der Waals surface area contributed by atoms with Gasteiger partial charge in [0.05, 0.1) is 12.2 Å². The van der Waals surface area contributed by atoms with Gasteiger partial charge < -0.3 is 10.1 Å². The van der Waals surface area contributed by atoms with Crippen molar-refractivity contribution in [3.63, 3.8) is 0 Å². The van der Waals surface area contributed by atoms with Crippen LogP contribution in [0.3, 0.4) is 0 Å². The molecule has 1 aliphatic rings. The molecule has 0 bridgehead atoms. The van der Waals surface area contributed by atoms with Crippen LogP contribution in [-0.2, 0) is 16.0 Å². The number of carbonyl (C=O) groups is 2. The predicted molar refractivity (Wildman–Crippen MR) is 90.6 cm³/mol. The topological polar surface area (TPSA) is 68.3 Å². The van der Waals surface area contributed by atoms with E-state index in [2.05, 4.69) is 10.3 Å². The lowest BCUT2D eigenvalue weighted by molar-refractivity contribution is -0.117. The number of benzene rings is 1. The molecular formula is C19H20N2O3. The van der Waals surface area contributed by atoms with E-state index in [1.807, 2.05) is 12.1 Å². The summed E-state index contributed by atoms with van der Waals surface area (Å²) < 4.78 is 5.30. The molecular weight excluding hydrogens is 304 g/mol. The molecule has 0 saturated heterocycles. The number of hydrogen-bond acceptors (Lipinski definition) is 4. The molecule has 2 aromatic rings. The maximum absolute atomic E-state index is 12.1. The second kappa shape index (κ2) is 7.73. The Morgan fingerprint density at radius 1 is 1.17 bits per heavy atom. The summed E-state index contributed by atoms with van der Waals surface area (Å²) >= 11 is 0. The Kier molecular flexibility index (Phi) is 5.21. The van der Waals surface area contributed by atoms with E-state index in [-0.39, 0.29) is 17.8 Å². The number of hydrogen-bond donors (Lipinski definition) is 1. The van der Waals surface area contributed by atoms with Crippen molar-refractivity contribution in [1.29, 1.82) is 0 Å². The van der Waals surface area contributed by atoms with Gasteiger partial charge in [0.15, 0.2) is 0 Å². The van der Waals surface area contributed by atoms with Crippen molar-refractivity contribution in [3.8, 4) is 0 Å². The van der Waals surface area contributed by atoms with Crippen molar-refractivity contribution in [2.75, 3.05) is 11.9 Å². The van der Waals surface area contributed by atoms with E-state index in [4.69, 9.17) is 4.74 Å². The Morgan fingerprint density at radius 3 is 2.71 bits per heavy atom. The average molecular weight is 324 g/mol. The molecule has 124 valence electrons. The molecule has 1 aromatic carbocycles. The summed E-state index contributed by atoms with van der Waals surface area (Å²) in [5, 5.41) is 2.84. The first-order chi connectivity index (χ1) is 11.7. The Hall–Kier alpha value is -2.69. The van der Waals surface area contributed by atoms with Crippen molar-refractivity contribution in [2.24, 2.45) is 5.92 Å². The number of aryl methyl sites for hydroxylation is 1. The number of esters is 1.